The molecule has 0 aliphatic rings. The SMILES string of the molecule is Cn1[cH+]n(-c2[c-]c(Oc3[c-]c4c(cc3)c3cccc(C(C)(C)C)c3n4-c3cc(C(C)(C)C)ccn3)ccc2)c2ccccc21.[Pt]. The van der Waals surface area contributed by atoms with Gasteiger partial charge in [0.2, 0.25) is 0 Å². The molecule has 0 bridgehead atoms. The predicted octanol–water partition coefficient (Wildman–Crippen LogP) is 9.73. The van der Waals surface area contributed by atoms with Gasteiger partial charge in [-0.3, -0.25) is 0 Å². The van der Waals surface area contributed by atoms with Gasteiger partial charge in [-0.2, -0.15) is 12.1 Å². The van der Waals surface area contributed by atoms with E-state index in [-0.39, 0.29) is 31.9 Å². The fourth-order valence-electron chi connectivity index (χ4n) is 6.08. The Balaban J connectivity index is 0.00000357. The number of imidazole rings is 1. The van der Waals surface area contributed by atoms with Crippen LogP contribution in [-0.2, 0) is 38.9 Å². The summed E-state index contributed by atoms with van der Waals surface area (Å²) in [7, 11) is 2.06. The molecule has 3 aromatic heterocycles. The minimum atomic E-state index is -0.0682. The summed E-state index contributed by atoms with van der Waals surface area (Å²) in [4.78, 5) is 4.90. The van der Waals surface area contributed by atoms with Crippen LogP contribution in [0.1, 0.15) is 52.7 Å². The number of pyridine rings is 1. The Morgan fingerprint density at radius 1 is 0.733 bits per heavy atom. The van der Waals surface area contributed by atoms with Crippen LogP contribution < -0.4 is 4.74 Å². The van der Waals surface area contributed by atoms with Crippen LogP contribution in [0.4, 0.5) is 0 Å². The van der Waals surface area contributed by atoms with E-state index in [2.05, 4.69) is 141 Å². The Bertz CT molecular complexity index is 2190. The van der Waals surface area contributed by atoms with E-state index >= 15 is 0 Å². The molecule has 0 fully saturated rings. The molecule has 4 aromatic carbocycles. The Labute approximate surface area is 279 Å². The molecule has 230 valence electrons. The maximum atomic E-state index is 6.46. The molecular weight excluding hydrogens is 736 g/mol. The molecular formula is C39H37N4OPt-. The number of aromatic nitrogens is 4. The van der Waals surface area contributed by atoms with E-state index in [0.29, 0.717) is 11.5 Å². The second-order valence-corrected chi connectivity index (χ2v) is 13.6. The molecule has 0 unspecified atom stereocenters. The van der Waals surface area contributed by atoms with E-state index in [4.69, 9.17) is 9.72 Å². The van der Waals surface area contributed by atoms with Crippen molar-refractivity contribution in [3.05, 3.63) is 121 Å². The third kappa shape index (κ3) is 5.48. The summed E-state index contributed by atoms with van der Waals surface area (Å²) in [5.41, 5.74) is 7.68. The normalized spacial score (nSPS) is 12.2. The molecule has 45 heavy (non-hydrogen) atoms. The third-order valence-corrected chi connectivity index (χ3v) is 8.36. The maximum Gasteiger partial charge on any atom is 0.188 e. The van der Waals surface area contributed by atoms with Crippen LogP contribution in [0.5, 0.6) is 11.5 Å². The van der Waals surface area contributed by atoms with E-state index in [9.17, 15) is 0 Å². The average molecular weight is 773 g/mol. The van der Waals surface area contributed by atoms with Gasteiger partial charge in [-0.1, -0.05) is 71.3 Å². The number of ether oxygens (including phenoxy) is 1. The Morgan fingerprint density at radius 3 is 2.22 bits per heavy atom. The number of fused-ring (bicyclic) bond motifs is 4. The number of para-hydroxylation sites is 3. The molecule has 7 rings (SSSR count). The molecule has 0 N–H and O–H groups in total. The van der Waals surface area contributed by atoms with Crippen LogP contribution in [0.15, 0.2) is 97.5 Å². The molecule has 3 heterocycles. The first-order valence-corrected chi connectivity index (χ1v) is 15.1. The summed E-state index contributed by atoms with van der Waals surface area (Å²) < 4.78 is 13.0. The molecule has 0 radical (unpaired) electrons. The minimum absolute atomic E-state index is 0. The van der Waals surface area contributed by atoms with Gasteiger partial charge in [0.15, 0.2) is 17.4 Å². The van der Waals surface area contributed by atoms with Crippen molar-refractivity contribution < 1.29 is 25.8 Å². The van der Waals surface area contributed by atoms with Gasteiger partial charge in [0.25, 0.3) is 0 Å². The van der Waals surface area contributed by atoms with Crippen molar-refractivity contribution in [2.24, 2.45) is 7.05 Å². The van der Waals surface area contributed by atoms with Crippen molar-refractivity contribution in [3.8, 4) is 23.0 Å². The first-order chi connectivity index (χ1) is 21.0. The van der Waals surface area contributed by atoms with E-state index in [1.54, 1.807) is 0 Å². The van der Waals surface area contributed by atoms with Gasteiger partial charge in [0.1, 0.15) is 5.82 Å². The summed E-state index contributed by atoms with van der Waals surface area (Å²) in [6.45, 7) is 13.5. The molecule has 0 aliphatic heterocycles. The number of rotatable bonds is 4. The Kier molecular flexibility index (Phi) is 7.73. The van der Waals surface area contributed by atoms with E-state index in [1.165, 1.54) is 16.5 Å². The van der Waals surface area contributed by atoms with Gasteiger partial charge < -0.3 is 9.30 Å². The van der Waals surface area contributed by atoms with Crippen molar-refractivity contribution in [2.45, 2.75) is 52.4 Å². The number of hydrogen-bond acceptors (Lipinski definition) is 2. The van der Waals surface area contributed by atoms with Gasteiger partial charge in [-0.25, -0.2) is 14.1 Å². The Morgan fingerprint density at radius 2 is 1.47 bits per heavy atom. The van der Waals surface area contributed by atoms with Gasteiger partial charge in [0, 0.05) is 69.1 Å². The molecule has 0 spiro atoms. The first kappa shape index (κ1) is 30.8. The van der Waals surface area contributed by atoms with E-state index in [0.717, 1.165) is 39.0 Å². The predicted molar refractivity (Wildman–Crippen MR) is 180 cm³/mol. The summed E-state index contributed by atoms with van der Waals surface area (Å²) >= 11 is 0. The fourth-order valence-corrected chi connectivity index (χ4v) is 6.08. The van der Waals surface area contributed by atoms with Crippen molar-refractivity contribution >= 4 is 32.8 Å². The van der Waals surface area contributed by atoms with Crippen molar-refractivity contribution in [2.75, 3.05) is 0 Å². The zero-order chi connectivity index (χ0) is 30.8. The molecule has 0 atom stereocenters. The average Bonchev–Trinajstić information content (AvgIpc) is 3.51. The number of aryl methyl sites for hydroxylation is 1. The largest absolute Gasteiger partial charge is 0.508 e. The van der Waals surface area contributed by atoms with Gasteiger partial charge in [-0.05, 0) is 51.6 Å². The molecule has 7 aromatic rings. The van der Waals surface area contributed by atoms with Gasteiger partial charge in [-0.15, -0.1) is 29.7 Å². The van der Waals surface area contributed by atoms with E-state index < -0.39 is 0 Å². The minimum Gasteiger partial charge on any atom is -0.508 e. The molecule has 0 amide bonds. The summed E-state index contributed by atoms with van der Waals surface area (Å²) in [5, 5.41) is 2.30. The second kappa shape index (κ2) is 11.3. The quantitative estimate of drug-likeness (QED) is 0.167. The zero-order valence-corrected chi connectivity index (χ0v) is 29.0. The van der Waals surface area contributed by atoms with E-state index in [1.807, 2.05) is 30.5 Å². The van der Waals surface area contributed by atoms with Crippen LogP contribution in [0.2, 0.25) is 0 Å². The fraction of sp³-hybridized carbons (Fsp3) is 0.231. The van der Waals surface area contributed by atoms with Crippen molar-refractivity contribution in [1.82, 2.24) is 18.7 Å². The molecule has 0 saturated heterocycles. The standard InChI is InChI=1S/C39H37N4O.Pt/c1-38(2,3)26-20-21-40-36(22-26)43-35-24-29(18-19-30(35)31-14-11-15-32(37(31)43)39(4,5)6)44-28-13-10-12-27(23-28)42-25-41(7)33-16-8-9-17-34(33)42;/h8-22,25H,1-7H3;/q-1;. The van der Waals surface area contributed by atoms with Crippen molar-refractivity contribution in [3.63, 3.8) is 0 Å². The second-order valence-electron chi connectivity index (χ2n) is 13.6. The summed E-state index contributed by atoms with van der Waals surface area (Å²) in [6.07, 6.45) is 3.99. The van der Waals surface area contributed by atoms with Gasteiger partial charge >= 0.3 is 0 Å². The molecule has 0 aliphatic carbocycles. The topological polar surface area (TPSA) is 36.9 Å². The molecule has 5 nitrogen and oxygen atoms in total. The molecule has 0 saturated carbocycles. The number of benzene rings is 4. The monoisotopic (exact) mass is 772 g/mol. The zero-order valence-electron chi connectivity index (χ0n) is 26.8. The van der Waals surface area contributed by atoms with Crippen LogP contribution in [-0.4, -0.2) is 18.7 Å². The van der Waals surface area contributed by atoms with Crippen LogP contribution in [0.3, 0.4) is 0 Å². The first-order valence-electron chi connectivity index (χ1n) is 15.1. The summed E-state index contributed by atoms with van der Waals surface area (Å²) in [5.74, 6) is 2.13. The third-order valence-electron chi connectivity index (χ3n) is 8.36. The summed E-state index contributed by atoms with van der Waals surface area (Å²) in [6, 6.07) is 36.5. The smallest absolute Gasteiger partial charge is 0.188 e. The van der Waals surface area contributed by atoms with Crippen LogP contribution >= 0.6 is 0 Å². The van der Waals surface area contributed by atoms with Gasteiger partial charge in [0.05, 0.1) is 0 Å². The molecule has 6 heteroatoms. The maximum absolute atomic E-state index is 6.46. The number of hydrogen-bond donors (Lipinski definition) is 0. The Hall–Kier alpha value is -4.21. The van der Waals surface area contributed by atoms with Crippen LogP contribution in [0.25, 0.3) is 44.3 Å². The van der Waals surface area contributed by atoms with Crippen molar-refractivity contribution in [1.29, 1.82) is 0 Å². The van der Waals surface area contributed by atoms with Crippen LogP contribution in [0, 0.1) is 12.1 Å². The number of nitrogens with zero attached hydrogens (tertiary/aromatic N) is 4.